The van der Waals surface area contributed by atoms with Crippen molar-refractivity contribution in [1.82, 2.24) is 9.97 Å². The van der Waals surface area contributed by atoms with Gasteiger partial charge in [-0.1, -0.05) is 31.4 Å². The van der Waals surface area contributed by atoms with Crippen molar-refractivity contribution in [3.63, 3.8) is 0 Å². The third-order valence-corrected chi connectivity index (χ3v) is 3.30. The molecular formula is C11H15ClN2. The average molecular weight is 211 g/mol. The summed E-state index contributed by atoms with van der Waals surface area (Å²) in [6, 6.07) is 1.90. The van der Waals surface area contributed by atoms with Gasteiger partial charge in [-0.05, 0) is 24.8 Å². The Labute approximate surface area is 89.7 Å². The van der Waals surface area contributed by atoms with Crippen LogP contribution in [0.3, 0.4) is 0 Å². The maximum Gasteiger partial charge on any atom is 0.132 e. The highest BCUT2D eigenvalue weighted by atomic mass is 35.5. The van der Waals surface area contributed by atoms with E-state index in [1.807, 2.05) is 6.07 Å². The highest BCUT2D eigenvalue weighted by Gasteiger charge is 2.20. The van der Waals surface area contributed by atoms with Gasteiger partial charge in [0.2, 0.25) is 0 Å². The van der Waals surface area contributed by atoms with E-state index in [1.165, 1.54) is 25.7 Å². The molecule has 1 saturated carbocycles. The molecule has 0 N–H and O–H groups in total. The fraction of sp³-hybridized carbons (Fsp3) is 0.636. The fourth-order valence-electron chi connectivity index (χ4n) is 2.13. The zero-order valence-corrected chi connectivity index (χ0v) is 9.17. The fourth-order valence-corrected chi connectivity index (χ4v) is 2.28. The van der Waals surface area contributed by atoms with Gasteiger partial charge >= 0.3 is 0 Å². The topological polar surface area (TPSA) is 25.8 Å². The zero-order chi connectivity index (χ0) is 9.97. The van der Waals surface area contributed by atoms with Gasteiger partial charge in [0, 0.05) is 11.6 Å². The summed E-state index contributed by atoms with van der Waals surface area (Å²) >= 11 is 5.84. The van der Waals surface area contributed by atoms with E-state index >= 15 is 0 Å². The van der Waals surface area contributed by atoms with E-state index in [-0.39, 0.29) is 0 Å². The van der Waals surface area contributed by atoms with E-state index in [4.69, 9.17) is 11.6 Å². The van der Waals surface area contributed by atoms with Gasteiger partial charge in [0.25, 0.3) is 0 Å². The Morgan fingerprint density at radius 3 is 2.57 bits per heavy atom. The molecule has 1 heterocycles. The van der Waals surface area contributed by atoms with Gasteiger partial charge in [-0.15, -0.1) is 0 Å². The Morgan fingerprint density at radius 1 is 1.21 bits per heavy atom. The summed E-state index contributed by atoms with van der Waals surface area (Å²) in [4.78, 5) is 8.20. The first-order valence-electron chi connectivity index (χ1n) is 5.23. The molecule has 0 aromatic carbocycles. The first kappa shape index (κ1) is 9.91. The second-order valence-corrected chi connectivity index (χ2v) is 4.61. The van der Waals surface area contributed by atoms with Crippen molar-refractivity contribution >= 4 is 11.6 Å². The predicted octanol–water partition coefficient (Wildman–Crippen LogP) is 3.42. The normalized spacial score (nSPS) is 27.6. The van der Waals surface area contributed by atoms with Gasteiger partial charge in [-0.3, -0.25) is 0 Å². The first-order valence-corrected chi connectivity index (χ1v) is 5.61. The predicted molar refractivity (Wildman–Crippen MR) is 57.4 cm³/mol. The van der Waals surface area contributed by atoms with Crippen molar-refractivity contribution in [1.29, 1.82) is 0 Å². The van der Waals surface area contributed by atoms with Crippen molar-refractivity contribution in [2.24, 2.45) is 5.92 Å². The van der Waals surface area contributed by atoms with E-state index in [0.717, 1.165) is 11.6 Å². The number of hydrogen-bond acceptors (Lipinski definition) is 2. The number of hydrogen-bond donors (Lipinski definition) is 0. The van der Waals surface area contributed by atoms with Crippen molar-refractivity contribution in [3.05, 3.63) is 23.2 Å². The van der Waals surface area contributed by atoms with Crippen LogP contribution in [0.5, 0.6) is 0 Å². The number of halogens is 1. The van der Waals surface area contributed by atoms with Gasteiger partial charge in [0.1, 0.15) is 11.5 Å². The lowest BCUT2D eigenvalue weighted by Gasteiger charge is -2.25. The SMILES string of the molecule is CC1CCC(c2cc(Cl)ncn2)CC1. The Hall–Kier alpha value is -0.630. The molecule has 0 amide bonds. The summed E-state index contributed by atoms with van der Waals surface area (Å²) in [5, 5.41) is 0.564. The molecule has 0 bridgehead atoms. The van der Waals surface area contributed by atoms with Crippen molar-refractivity contribution in [3.8, 4) is 0 Å². The van der Waals surface area contributed by atoms with Crippen molar-refractivity contribution < 1.29 is 0 Å². The maximum atomic E-state index is 5.84. The van der Waals surface area contributed by atoms with Crippen LogP contribution in [0.1, 0.15) is 44.2 Å². The minimum atomic E-state index is 0.564. The smallest absolute Gasteiger partial charge is 0.132 e. The highest BCUT2D eigenvalue weighted by molar-refractivity contribution is 6.29. The van der Waals surface area contributed by atoms with Crippen LogP contribution in [0, 0.1) is 5.92 Å². The number of nitrogens with zero attached hydrogens (tertiary/aromatic N) is 2. The van der Waals surface area contributed by atoms with E-state index in [9.17, 15) is 0 Å². The monoisotopic (exact) mass is 210 g/mol. The Bertz CT molecular complexity index is 306. The molecule has 2 nitrogen and oxygen atoms in total. The molecule has 0 radical (unpaired) electrons. The molecular weight excluding hydrogens is 196 g/mol. The Morgan fingerprint density at radius 2 is 1.93 bits per heavy atom. The Balaban J connectivity index is 2.08. The standard InChI is InChI=1S/C11H15ClN2/c1-8-2-4-9(5-3-8)10-6-11(12)14-7-13-10/h6-9H,2-5H2,1H3. The Kier molecular flexibility index (Phi) is 3.02. The highest BCUT2D eigenvalue weighted by Crippen LogP contribution is 2.34. The molecule has 1 fully saturated rings. The number of rotatable bonds is 1. The minimum Gasteiger partial charge on any atom is -0.241 e. The largest absolute Gasteiger partial charge is 0.241 e. The van der Waals surface area contributed by atoms with Gasteiger partial charge in [0.05, 0.1) is 0 Å². The molecule has 0 atom stereocenters. The van der Waals surface area contributed by atoms with Gasteiger partial charge in [0.15, 0.2) is 0 Å². The molecule has 0 unspecified atom stereocenters. The van der Waals surface area contributed by atoms with Crippen LogP contribution >= 0.6 is 11.6 Å². The van der Waals surface area contributed by atoms with Crippen LogP contribution in [-0.2, 0) is 0 Å². The van der Waals surface area contributed by atoms with Crippen LogP contribution in [0.4, 0.5) is 0 Å². The van der Waals surface area contributed by atoms with Crippen molar-refractivity contribution in [2.45, 2.75) is 38.5 Å². The summed E-state index contributed by atoms with van der Waals surface area (Å²) in [6.07, 6.45) is 6.68. The molecule has 2 rings (SSSR count). The molecule has 1 aromatic rings. The van der Waals surface area contributed by atoms with E-state index < -0.39 is 0 Å². The third-order valence-electron chi connectivity index (χ3n) is 3.09. The van der Waals surface area contributed by atoms with E-state index in [1.54, 1.807) is 6.33 Å². The number of aromatic nitrogens is 2. The molecule has 76 valence electrons. The minimum absolute atomic E-state index is 0.564. The zero-order valence-electron chi connectivity index (χ0n) is 8.41. The molecule has 1 aliphatic carbocycles. The molecule has 0 saturated heterocycles. The summed E-state index contributed by atoms with van der Waals surface area (Å²) in [6.45, 7) is 2.32. The summed E-state index contributed by atoms with van der Waals surface area (Å²) in [5.74, 6) is 1.48. The van der Waals surface area contributed by atoms with Crippen LogP contribution in [0.25, 0.3) is 0 Å². The quantitative estimate of drug-likeness (QED) is 0.664. The van der Waals surface area contributed by atoms with Crippen LogP contribution in [-0.4, -0.2) is 9.97 Å². The summed E-state index contributed by atoms with van der Waals surface area (Å²) < 4.78 is 0. The van der Waals surface area contributed by atoms with Gasteiger partial charge in [-0.2, -0.15) is 0 Å². The lowest BCUT2D eigenvalue weighted by molar-refractivity contribution is 0.344. The lowest BCUT2D eigenvalue weighted by atomic mass is 9.81. The average Bonchev–Trinajstić information content (AvgIpc) is 2.19. The van der Waals surface area contributed by atoms with E-state index in [0.29, 0.717) is 11.1 Å². The summed E-state index contributed by atoms with van der Waals surface area (Å²) in [5.41, 5.74) is 1.12. The van der Waals surface area contributed by atoms with Gasteiger partial charge < -0.3 is 0 Å². The van der Waals surface area contributed by atoms with Crippen LogP contribution < -0.4 is 0 Å². The van der Waals surface area contributed by atoms with Crippen LogP contribution in [0.2, 0.25) is 5.15 Å². The van der Waals surface area contributed by atoms with Crippen molar-refractivity contribution in [2.75, 3.05) is 0 Å². The second-order valence-electron chi connectivity index (χ2n) is 4.22. The molecule has 14 heavy (non-hydrogen) atoms. The summed E-state index contributed by atoms with van der Waals surface area (Å²) in [7, 11) is 0. The molecule has 3 heteroatoms. The molecule has 1 aliphatic rings. The molecule has 0 aliphatic heterocycles. The maximum absolute atomic E-state index is 5.84. The second kappa shape index (κ2) is 4.26. The van der Waals surface area contributed by atoms with E-state index in [2.05, 4.69) is 16.9 Å². The van der Waals surface area contributed by atoms with Gasteiger partial charge in [-0.25, -0.2) is 9.97 Å². The first-order chi connectivity index (χ1) is 6.75. The third kappa shape index (κ3) is 2.24. The molecule has 1 aromatic heterocycles. The molecule has 0 spiro atoms. The lowest BCUT2D eigenvalue weighted by Crippen LogP contribution is -2.12. The van der Waals surface area contributed by atoms with Crippen LogP contribution in [0.15, 0.2) is 12.4 Å².